The molecule has 138 valence electrons. The fourth-order valence-electron chi connectivity index (χ4n) is 3.87. The summed E-state index contributed by atoms with van der Waals surface area (Å²) >= 11 is 0. The lowest BCUT2D eigenvalue weighted by Gasteiger charge is -2.18. The van der Waals surface area contributed by atoms with Crippen LogP contribution in [0.1, 0.15) is 36.5 Å². The van der Waals surface area contributed by atoms with E-state index >= 15 is 0 Å². The van der Waals surface area contributed by atoms with Gasteiger partial charge < -0.3 is 14.5 Å². The Kier molecular flexibility index (Phi) is 4.53. The third-order valence-corrected chi connectivity index (χ3v) is 5.30. The quantitative estimate of drug-likeness (QED) is 0.784. The predicted octanol–water partition coefficient (Wildman–Crippen LogP) is 1.96. The highest BCUT2D eigenvalue weighted by Gasteiger charge is 2.33. The highest BCUT2D eigenvalue weighted by atomic mass is 16.5. The first-order valence-electron chi connectivity index (χ1n) is 9.35. The lowest BCUT2D eigenvalue weighted by atomic mass is 10.1. The number of hydrogen-bond acceptors (Lipinski definition) is 5. The van der Waals surface area contributed by atoms with E-state index in [4.69, 9.17) is 4.74 Å². The molecule has 2 fully saturated rings. The second-order valence-corrected chi connectivity index (χ2v) is 6.96. The Morgan fingerprint density at radius 1 is 1.27 bits per heavy atom. The van der Waals surface area contributed by atoms with Crippen molar-refractivity contribution >= 4 is 23.1 Å². The number of likely N-dealkylation sites (tertiary alicyclic amines) is 1. The Labute approximate surface area is 152 Å². The van der Waals surface area contributed by atoms with Crippen LogP contribution in [-0.2, 0) is 9.53 Å². The number of pyridine rings is 1. The number of esters is 1. The minimum atomic E-state index is -0.221. The number of aromatic nitrogens is 2. The number of fused-ring (bicyclic) bond motifs is 1. The Morgan fingerprint density at radius 2 is 2.08 bits per heavy atom. The SMILES string of the molecule is CCOC(=O)C1CCN(C(=O)c2cnn3ccc(N4CCCC4)cc23)C1. The van der Waals surface area contributed by atoms with Crippen molar-refractivity contribution in [2.45, 2.75) is 26.2 Å². The molecule has 1 amide bonds. The summed E-state index contributed by atoms with van der Waals surface area (Å²) in [6.45, 7) is 5.28. The van der Waals surface area contributed by atoms with Gasteiger partial charge in [0, 0.05) is 38.1 Å². The number of rotatable bonds is 4. The zero-order valence-electron chi connectivity index (χ0n) is 15.1. The molecule has 2 aromatic rings. The molecular weight excluding hydrogens is 332 g/mol. The molecule has 7 heteroatoms. The Bertz CT molecular complexity index is 825. The monoisotopic (exact) mass is 356 g/mol. The third kappa shape index (κ3) is 3.02. The summed E-state index contributed by atoms with van der Waals surface area (Å²) in [5, 5.41) is 4.32. The molecule has 4 rings (SSSR count). The number of carbonyl (C=O) groups excluding carboxylic acids is 2. The van der Waals surface area contributed by atoms with Gasteiger partial charge in [0.15, 0.2) is 0 Å². The molecule has 2 aliphatic heterocycles. The second-order valence-electron chi connectivity index (χ2n) is 6.96. The number of ether oxygens (including phenoxy) is 1. The molecule has 7 nitrogen and oxygen atoms in total. The van der Waals surface area contributed by atoms with Crippen LogP contribution in [0.15, 0.2) is 24.5 Å². The Hall–Kier alpha value is -2.57. The van der Waals surface area contributed by atoms with Crippen LogP contribution >= 0.6 is 0 Å². The largest absolute Gasteiger partial charge is 0.466 e. The number of carbonyl (C=O) groups is 2. The number of nitrogens with zero attached hydrogens (tertiary/aromatic N) is 4. The maximum atomic E-state index is 13.0. The van der Waals surface area contributed by atoms with Crippen molar-refractivity contribution in [2.75, 3.05) is 37.7 Å². The maximum absolute atomic E-state index is 13.0. The lowest BCUT2D eigenvalue weighted by Crippen LogP contribution is -2.30. The van der Waals surface area contributed by atoms with Gasteiger partial charge >= 0.3 is 5.97 Å². The molecule has 0 saturated carbocycles. The molecule has 26 heavy (non-hydrogen) atoms. The summed E-state index contributed by atoms with van der Waals surface area (Å²) in [5.41, 5.74) is 2.55. The van der Waals surface area contributed by atoms with Gasteiger partial charge in [-0.25, -0.2) is 4.52 Å². The average Bonchev–Trinajstić information content (AvgIpc) is 3.40. The van der Waals surface area contributed by atoms with Crippen molar-refractivity contribution in [3.05, 3.63) is 30.1 Å². The maximum Gasteiger partial charge on any atom is 0.310 e. The van der Waals surface area contributed by atoms with Crippen molar-refractivity contribution in [3.8, 4) is 0 Å². The number of amides is 1. The van der Waals surface area contributed by atoms with Crippen LogP contribution in [0.2, 0.25) is 0 Å². The van der Waals surface area contributed by atoms with Gasteiger partial charge in [-0.05, 0) is 38.3 Å². The molecule has 0 bridgehead atoms. The molecule has 0 radical (unpaired) electrons. The van der Waals surface area contributed by atoms with Crippen molar-refractivity contribution in [3.63, 3.8) is 0 Å². The standard InChI is InChI=1S/C19H24N4O3/c1-2-26-19(25)14-5-9-22(13-14)18(24)16-12-20-23-10-6-15(11-17(16)23)21-7-3-4-8-21/h6,10-12,14H,2-5,7-9,13H2,1H3. The van der Waals surface area contributed by atoms with Gasteiger partial charge in [-0.15, -0.1) is 0 Å². The first-order chi connectivity index (χ1) is 12.7. The normalized spacial score (nSPS) is 20.1. The van der Waals surface area contributed by atoms with Crippen molar-refractivity contribution in [1.82, 2.24) is 14.5 Å². The summed E-state index contributed by atoms with van der Waals surface area (Å²) < 4.78 is 6.83. The molecule has 1 unspecified atom stereocenters. The highest BCUT2D eigenvalue weighted by Crippen LogP contribution is 2.25. The summed E-state index contributed by atoms with van der Waals surface area (Å²) in [6.07, 6.45) is 6.61. The molecule has 0 N–H and O–H groups in total. The van der Waals surface area contributed by atoms with Crippen molar-refractivity contribution in [2.24, 2.45) is 5.92 Å². The highest BCUT2D eigenvalue weighted by molar-refractivity contribution is 6.01. The van der Waals surface area contributed by atoms with Crippen LogP contribution < -0.4 is 4.90 Å². The summed E-state index contributed by atoms with van der Waals surface area (Å²) in [6, 6.07) is 4.09. The zero-order valence-corrected chi connectivity index (χ0v) is 15.1. The molecule has 0 aromatic carbocycles. The molecule has 0 aliphatic carbocycles. The minimum Gasteiger partial charge on any atom is -0.466 e. The Balaban J connectivity index is 1.55. The van der Waals surface area contributed by atoms with Crippen LogP contribution in [0, 0.1) is 5.92 Å². The molecule has 0 spiro atoms. The lowest BCUT2D eigenvalue weighted by molar-refractivity contribution is -0.147. The van der Waals surface area contributed by atoms with Gasteiger partial charge in [0.25, 0.3) is 5.91 Å². The molecule has 4 heterocycles. The summed E-state index contributed by atoms with van der Waals surface area (Å²) in [7, 11) is 0. The van der Waals surface area contributed by atoms with E-state index in [-0.39, 0.29) is 17.8 Å². The van der Waals surface area contributed by atoms with Gasteiger partial charge in [-0.1, -0.05) is 0 Å². The smallest absolute Gasteiger partial charge is 0.310 e. The van der Waals surface area contributed by atoms with Crippen LogP contribution in [-0.4, -0.2) is 59.2 Å². The molecule has 2 aromatic heterocycles. The first kappa shape index (κ1) is 16.9. The van der Waals surface area contributed by atoms with E-state index < -0.39 is 0 Å². The summed E-state index contributed by atoms with van der Waals surface area (Å²) in [4.78, 5) is 29.0. The van der Waals surface area contributed by atoms with Gasteiger partial charge in [0.1, 0.15) is 0 Å². The number of hydrogen-bond donors (Lipinski definition) is 0. The molecule has 1 atom stereocenters. The van der Waals surface area contributed by atoms with E-state index in [1.165, 1.54) is 12.8 Å². The van der Waals surface area contributed by atoms with Gasteiger partial charge in [-0.3, -0.25) is 9.59 Å². The fourth-order valence-corrected chi connectivity index (χ4v) is 3.87. The van der Waals surface area contributed by atoms with E-state index in [0.717, 1.165) is 24.3 Å². The second kappa shape index (κ2) is 6.97. The number of anilines is 1. The van der Waals surface area contributed by atoms with E-state index in [0.29, 0.717) is 31.7 Å². The fraction of sp³-hybridized carbons (Fsp3) is 0.526. The van der Waals surface area contributed by atoms with Crippen molar-refractivity contribution < 1.29 is 14.3 Å². The van der Waals surface area contributed by atoms with Crippen LogP contribution in [0.25, 0.3) is 5.52 Å². The molecule has 2 saturated heterocycles. The predicted molar refractivity (Wildman–Crippen MR) is 97.3 cm³/mol. The topological polar surface area (TPSA) is 67.1 Å². The third-order valence-electron chi connectivity index (χ3n) is 5.30. The zero-order chi connectivity index (χ0) is 18.1. The average molecular weight is 356 g/mol. The van der Waals surface area contributed by atoms with Crippen molar-refractivity contribution in [1.29, 1.82) is 0 Å². The van der Waals surface area contributed by atoms with E-state index in [9.17, 15) is 9.59 Å². The van der Waals surface area contributed by atoms with Gasteiger partial charge in [0.05, 0.1) is 29.8 Å². The minimum absolute atomic E-state index is 0.0645. The van der Waals surface area contributed by atoms with Crippen LogP contribution in [0.3, 0.4) is 0 Å². The first-order valence-corrected chi connectivity index (χ1v) is 9.35. The van der Waals surface area contributed by atoms with E-state index in [1.807, 2.05) is 18.3 Å². The molecule has 2 aliphatic rings. The van der Waals surface area contributed by atoms with E-state index in [2.05, 4.69) is 10.00 Å². The van der Waals surface area contributed by atoms with Gasteiger partial charge in [0.2, 0.25) is 0 Å². The van der Waals surface area contributed by atoms with Gasteiger partial charge in [-0.2, -0.15) is 5.10 Å². The summed E-state index contributed by atoms with van der Waals surface area (Å²) in [5.74, 6) is -0.495. The van der Waals surface area contributed by atoms with E-state index in [1.54, 1.807) is 22.5 Å². The van der Waals surface area contributed by atoms with Crippen LogP contribution in [0.5, 0.6) is 0 Å². The molecular formula is C19H24N4O3. The Morgan fingerprint density at radius 3 is 2.85 bits per heavy atom. The van der Waals surface area contributed by atoms with Crippen LogP contribution in [0.4, 0.5) is 5.69 Å².